The molecule has 0 bridgehead atoms. The van der Waals surface area contributed by atoms with E-state index < -0.39 is 23.5 Å². The maximum absolute atomic E-state index is 13.3. The van der Waals surface area contributed by atoms with Gasteiger partial charge in [-0.2, -0.15) is 0 Å². The number of ether oxygens (including phenoxy) is 2. The van der Waals surface area contributed by atoms with Crippen molar-refractivity contribution >= 4 is 17.5 Å². The molecule has 0 saturated heterocycles. The summed E-state index contributed by atoms with van der Waals surface area (Å²) in [6.45, 7) is 3.36. The van der Waals surface area contributed by atoms with Gasteiger partial charge in [0.2, 0.25) is 5.78 Å². The molecule has 3 heterocycles. The van der Waals surface area contributed by atoms with Crippen molar-refractivity contribution in [1.82, 2.24) is 5.16 Å². The van der Waals surface area contributed by atoms with Gasteiger partial charge >= 0.3 is 0 Å². The number of carbonyl (C=O) groups is 2. The molecule has 1 aliphatic heterocycles. The number of aryl methyl sites for hydroxylation is 2. The lowest BCUT2D eigenvalue weighted by molar-refractivity contribution is -0.117. The molecule has 0 spiro atoms. The molecule has 1 N–H and O–H groups in total. The third-order valence-electron chi connectivity index (χ3n) is 5.01. The molecule has 2 aromatic heterocycles. The number of amides is 1. The molecule has 0 radical (unpaired) electrons. The highest BCUT2D eigenvalue weighted by atomic mass is 16.5. The fourth-order valence-corrected chi connectivity index (χ4v) is 3.65. The van der Waals surface area contributed by atoms with E-state index in [-0.39, 0.29) is 17.2 Å². The van der Waals surface area contributed by atoms with Gasteiger partial charge in [-0.25, -0.2) is 0 Å². The van der Waals surface area contributed by atoms with Crippen molar-refractivity contribution < 1.29 is 33.1 Å². The van der Waals surface area contributed by atoms with Crippen molar-refractivity contribution in [3.63, 3.8) is 0 Å². The number of carbonyl (C=O) groups excluding carboxylic acids is 2. The van der Waals surface area contributed by atoms with Crippen molar-refractivity contribution in [2.45, 2.75) is 19.9 Å². The summed E-state index contributed by atoms with van der Waals surface area (Å²) in [4.78, 5) is 27.6. The molecular formula is C22H20N2O7. The third-order valence-corrected chi connectivity index (χ3v) is 5.01. The highest BCUT2D eigenvalue weighted by Gasteiger charge is 2.47. The first kappa shape index (κ1) is 20.3. The Labute approximate surface area is 177 Å². The van der Waals surface area contributed by atoms with Gasteiger partial charge < -0.3 is 23.5 Å². The van der Waals surface area contributed by atoms with E-state index >= 15 is 0 Å². The van der Waals surface area contributed by atoms with Gasteiger partial charge in [0.05, 0.1) is 19.8 Å². The summed E-state index contributed by atoms with van der Waals surface area (Å²) in [6, 6.07) is 8.66. The SMILES string of the molecule is COc1cccc([C@H]2C(C(=O)c3ccc(C)o3)=C(O)C(=O)N2c2cc(C)on2)c1OC. The van der Waals surface area contributed by atoms with E-state index in [0.29, 0.717) is 28.6 Å². The Morgan fingerprint density at radius 3 is 2.48 bits per heavy atom. The molecule has 3 aromatic rings. The highest BCUT2D eigenvalue weighted by molar-refractivity contribution is 6.20. The molecular weight excluding hydrogens is 404 g/mol. The molecule has 9 heteroatoms. The lowest BCUT2D eigenvalue weighted by Gasteiger charge is -2.26. The van der Waals surface area contributed by atoms with Crippen LogP contribution in [0.4, 0.5) is 5.82 Å². The standard InChI is InChI=1S/C22H20N2O7/c1-11-8-9-14(30-11)19(25)17-18(13-6-5-7-15(28-3)21(13)29-4)24(22(27)20(17)26)16-10-12(2)31-23-16/h5-10,18,26H,1-4H3/t18-/m0/s1. The van der Waals surface area contributed by atoms with Gasteiger partial charge in [-0.1, -0.05) is 17.3 Å². The number of aromatic nitrogens is 1. The Morgan fingerprint density at radius 2 is 1.90 bits per heavy atom. The van der Waals surface area contributed by atoms with Crippen LogP contribution in [0.15, 0.2) is 56.7 Å². The number of aliphatic hydroxyl groups excluding tert-OH is 1. The fraction of sp³-hybridized carbons (Fsp3) is 0.227. The van der Waals surface area contributed by atoms with Crippen LogP contribution in [0.5, 0.6) is 11.5 Å². The largest absolute Gasteiger partial charge is 0.503 e. The Bertz CT molecular complexity index is 1200. The van der Waals surface area contributed by atoms with Gasteiger partial charge in [-0.3, -0.25) is 14.5 Å². The van der Waals surface area contributed by atoms with E-state index in [1.807, 2.05) is 0 Å². The molecule has 1 aromatic carbocycles. The number of furan rings is 1. The molecule has 1 amide bonds. The number of anilines is 1. The summed E-state index contributed by atoms with van der Waals surface area (Å²) in [6.07, 6.45) is 0. The molecule has 0 fully saturated rings. The van der Waals surface area contributed by atoms with Crippen molar-refractivity contribution in [3.05, 3.63) is 70.6 Å². The first-order valence-electron chi connectivity index (χ1n) is 9.39. The number of methoxy groups -OCH3 is 2. The summed E-state index contributed by atoms with van der Waals surface area (Å²) in [5, 5.41) is 14.7. The number of rotatable bonds is 6. The Morgan fingerprint density at radius 1 is 1.13 bits per heavy atom. The van der Waals surface area contributed by atoms with Crippen molar-refractivity contribution in [3.8, 4) is 11.5 Å². The highest BCUT2D eigenvalue weighted by Crippen LogP contribution is 2.46. The average Bonchev–Trinajstić information content (AvgIpc) is 3.45. The second-order valence-corrected chi connectivity index (χ2v) is 6.96. The van der Waals surface area contributed by atoms with Crippen LogP contribution in [0.2, 0.25) is 0 Å². The second-order valence-electron chi connectivity index (χ2n) is 6.96. The maximum Gasteiger partial charge on any atom is 0.295 e. The molecule has 4 rings (SSSR count). The summed E-state index contributed by atoms with van der Waals surface area (Å²) >= 11 is 0. The van der Waals surface area contributed by atoms with Crippen LogP contribution in [-0.4, -0.2) is 36.2 Å². The van der Waals surface area contributed by atoms with Gasteiger partial charge in [0.25, 0.3) is 5.91 Å². The van der Waals surface area contributed by atoms with Crippen molar-refractivity contribution in [2.75, 3.05) is 19.1 Å². The van der Waals surface area contributed by atoms with Crippen molar-refractivity contribution in [2.24, 2.45) is 0 Å². The van der Waals surface area contributed by atoms with Crippen LogP contribution in [0, 0.1) is 13.8 Å². The van der Waals surface area contributed by atoms with Crippen molar-refractivity contribution in [1.29, 1.82) is 0 Å². The second kappa shape index (κ2) is 7.67. The normalized spacial score (nSPS) is 16.2. The number of Topliss-reactive ketones (excluding diaryl/α,β-unsaturated/α-hetero) is 1. The van der Waals surface area contributed by atoms with Gasteiger partial charge in [0.15, 0.2) is 28.8 Å². The summed E-state index contributed by atoms with van der Waals surface area (Å²) in [7, 11) is 2.93. The van der Waals surface area contributed by atoms with Gasteiger partial charge in [0.1, 0.15) is 17.6 Å². The number of ketones is 1. The Hall–Kier alpha value is -4.01. The van der Waals surface area contributed by atoms with Crippen LogP contribution in [0.25, 0.3) is 0 Å². The minimum atomic E-state index is -1.06. The van der Waals surface area contributed by atoms with E-state index in [0.717, 1.165) is 0 Å². The number of nitrogens with zero attached hydrogens (tertiary/aromatic N) is 2. The Kier molecular flexibility index (Phi) is 5.02. The maximum atomic E-state index is 13.3. The number of benzene rings is 1. The number of aliphatic hydroxyl groups is 1. The lowest BCUT2D eigenvalue weighted by atomic mass is 9.94. The van der Waals surface area contributed by atoms with E-state index in [1.54, 1.807) is 38.1 Å². The monoisotopic (exact) mass is 424 g/mol. The minimum absolute atomic E-state index is 0.00287. The first-order valence-corrected chi connectivity index (χ1v) is 9.39. The van der Waals surface area contributed by atoms with E-state index in [4.69, 9.17) is 18.4 Å². The molecule has 0 saturated carbocycles. The lowest BCUT2D eigenvalue weighted by Crippen LogP contribution is -2.31. The summed E-state index contributed by atoms with van der Waals surface area (Å²) in [5.74, 6) is -0.299. The van der Waals surface area contributed by atoms with E-state index in [9.17, 15) is 14.7 Å². The molecule has 160 valence electrons. The molecule has 1 atom stereocenters. The average molecular weight is 424 g/mol. The van der Waals surface area contributed by atoms with Crippen LogP contribution in [0.1, 0.15) is 33.7 Å². The Balaban J connectivity index is 1.95. The molecule has 0 aliphatic carbocycles. The summed E-state index contributed by atoms with van der Waals surface area (Å²) in [5.41, 5.74) is 0.262. The van der Waals surface area contributed by atoms with Crippen LogP contribution < -0.4 is 14.4 Å². The zero-order valence-corrected chi connectivity index (χ0v) is 17.3. The van der Waals surface area contributed by atoms with E-state index in [1.165, 1.54) is 31.3 Å². The van der Waals surface area contributed by atoms with Crippen LogP contribution >= 0.6 is 0 Å². The predicted octanol–water partition coefficient (Wildman–Crippen LogP) is 3.68. The van der Waals surface area contributed by atoms with Gasteiger partial charge in [-0.15, -0.1) is 0 Å². The molecule has 9 nitrogen and oxygen atoms in total. The molecule has 31 heavy (non-hydrogen) atoms. The minimum Gasteiger partial charge on any atom is -0.503 e. The quantitative estimate of drug-likeness (QED) is 0.596. The van der Waals surface area contributed by atoms with Crippen LogP contribution in [-0.2, 0) is 4.79 Å². The molecule has 1 aliphatic rings. The van der Waals surface area contributed by atoms with Gasteiger partial charge in [0, 0.05) is 11.6 Å². The zero-order valence-electron chi connectivity index (χ0n) is 17.3. The predicted molar refractivity (Wildman–Crippen MR) is 108 cm³/mol. The smallest absolute Gasteiger partial charge is 0.295 e. The first-order chi connectivity index (χ1) is 14.9. The van der Waals surface area contributed by atoms with Crippen LogP contribution in [0.3, 0.4) is 0 Å². The topological polar surface area (TPSA) is 115 Å². The number of hydrogen-bond acceptors (Lipinski definition) is 8. The van der Waals surface area contributed by atoms with Gasteiger partial charge in [-0.05, 0) is 32.0 Å². The fourth-order valence-electron chi connectivity index (χ4n) is 3.65. The zero-order chi connectivity index (χ0) is 22.3. The molecule has 0 unspecified atom stereocenters. The third kappa shape index (κ3) is 3.24. The van der Waals surface area contributed by atoms with E-state index in [2.05, 4.69) is 5.16 Å². The number of hydrogen-bond donors (Lipinski definition) is 1. The summed E-state index contributed by atoms with van der Waals surface area (Å²) < 4.78 is 21.5. The number of para-hydroxylation sites is 1.